The molecule has 1 amide bonds. The lowest BCUT2D eigenvalue weighted by molar-refractivity contribution is -0.115. The Bertz CT molecular complexity index is 1140. The summed E-state index contributed by atoms with van der Waals surface area (Å²) in [6, 6.07) is 20.4. The van der Waals surface area contributed by atoms with Gasteiger partial charge in [-0.3, -0.25) is 14.5 Å². The summed E-state index contributed by atoms with van der Waals surface area (Å²) in [5, 5.41) is 9.29. The fourth-order valence-corrected chi connectivity index (χ4v) is 6.97. The molecule has 0 N–H and O–H groups in total. The van der Waals surface area contributed by atoms with Crippen molar-refractivity contribution in [2.24, 2.45) is 5.10 Å². The molecule has 5 nitrogen and oxygen atoms in total. The van der Waals surface area contributed by atoms with Crippen LogP contribution in [0.15, 0.2) is 77.2 Å². The Labute approximate surface area is 190 Å². The monoisotopic (exact) mass is 471 g/mol. The van der Waals surface area contributed by atoms with Gasteiger partial charge in [-0.2, -0.15) is 5.10 Å². The van der Waals surface area contributed by atoms with Crippen molar-refractivity contribution in [2.45, 2.75) is 4.33 Å². The topological polar surface area (TPSA) is 53.0 Å². The largest absolute Gasteiger partial charge is 0.285 e. The fraction of sp³-hybridized carbons (Fsp3) is 0.0952. The second kappa shape index (κ2) is 7.77. The highest BCUT2D eigenvalue weighted by Crippen LogP contribution is 2.55. The Morgan fingerprint density at radius 2 is 1.77 bits per heavy atom. The predicted molar refractivity (Wildman–Crippen MR) is 127 cm³/mol. The van der Waals surface area contributed by atoms with Crippen LogP contribution in [0.5, 0.6) is 0 Å². The van der Waals surface area contributed by atoms with Crippen LogP contribution in [-0.4, -0.2) is 26.8 Å². The number of carbonyl (C=O) groups excluding carboxylic acids is 2. The van der Waals surface area contributed by atoms with E-state index in [1.807, 2.05) is 53.9 Å². The fourth-order valence-electron chi connectivity index (χ4n) is 3.31. The average Bonchev–Trinajstić information content (AvgIpc) is 3.49. The molecular formula is C21H14ClN3O2S3. The van der Waals surface area contributed by atoms with Gasteiger partial charge in [-0.1, -0.05) is 47.6 Å². The van der Waals surface area contributed by atoms with Crippen molar-refractivity contribution >= 4 is 74.6 Å². The third-order valence-corrected chi connectivity index (χ3v) is 8.56. The van der Waals surface area contributed by atoms with Crippen molar-refractivity contribution in [3.63, 3.8) is 0 Å². The lowest BCUT2D eigenvalue weighted by Gasteiger charge is -2.39. The number of para-hydroxylation sites is 1. The maximum atomic E-state index is 13.1. The number of rotatable bonds is 4. The highest BCUT2D eigenvalue weighted by molar-refractivity contribution is 8.28. The second-order valence-corrected chi connectivity index (χ2v) is 10.5. The molecule has 0 unspecified atom stereocenters. The lowest BCUT2D eigenvalue weighted by atomic mass is 10.3. The van der Waals surface area contributed by atoms with E-state index < -0.39 is 4.33 Å². The molecule has 1 aromatic heterocycles. The van der Waals surface area contributed by atoms with E-state index in [1.165, 1.54) is 34.9 Å². The number of ketones is 1. The highest BCUT2D eigenvalue weighted by Gasteiger charge is 2.58. The molecule has 9 heteroatoms. The SMILES string of the molecule is O=C(C1=NN(c2ccc(Cl)cc2)[C@@]2(SCC(=O)N2c2ccccc2)S1)c1cccs1. The number of Topliss-reactive ketones (excluding diaryl/α,β-unsaturated/α-hetero) is 1. The van der Waals surface area contributed by atoms with Gasteiger partial charge in [-0.15, -0.1) is 11.3 Å². The number of hydrogen-bond acceptors (Lipinski definition) is 7. The second-order valence-electron chi connectivity index (χ2n) is 6.50. The minimum absolute atomic E-state index is 0.0299. The molecule has 30 heavy (non-hydrogen) atoms. The molecule has 2 aromatic carbocycles. The molecule has 0 radical (unpaired) electrons. The van der Waals surface area contributed by atoms with Crippen molar-refractivity contribution in [1.29, 1.82) is 0 Å². The Morgan fingerprint density at radius 3 is 2.47 bits per heavy atom. The number of hydrazone groups is 1. The van der Waals surface area contributed by atoms with Gasteiger partial charge in [-0.05, 0) is 59.6 Å². The number of hydrogen-bond donors (Lipinski definition) is 0. The first kappa shape index (κ1) is 19.7. The van der Waals surface area contributed by atoms with Crippen LogP contribution < -0.4 is 9.91 Å². The van der Waals surface area contributed by atoms with E-state index in [1.54, 1.807) is 28.1 Å². The average molecular weight is 472 g/mol. The van der Waals surface area contributed by atoms with E-state index in [9.17, 15) is 9.59 Å². The molecule has 1 atom stereocenters. The van der Waals surface area contributed by atoms with Crippen molar-refractivity contribution in [2.75, 3.05) is 15.7 Å². The summed E-state index contributed by atoms with van der Waals surface area (Å²) in [7, 11) is 0. The van der Waals surface area contributed by atoms with E-state index in [0.717, 1.165) is 11.4 Å². The van der Waals surface area contributed by atoms with Crippen LogP contribution >= 0.6 is 46.5 Å². The van der Waals surface area contributed by atoms with Crippen LogP contribution in [0.1, 0.15) is 9.67 Å². The van der Waals surface area contributed by atoms with Crippen molar-refractivity contribution < 1.29 is 9.59 Å². The van der Waals surface area contributed by atoms with Crippen molar-refractivity contribution in [3.8, 4) is 0 Å². The molecule has 3 aromatic rings. The van der Waals surface area contributed by atoms with E-state index in [4.69, 9.17) is 16.7 Å². The summed E-state index contributed by atoms with van der Waals surface area (Å²) in [4.78, 5) is 28.4. The smallest absolute Gasteiger partial charge is 0.243 e. The van der Waals surface area contributed by atoms with Crippen LogP contribution in [0.2, 0.25) is 5.02 Å². The van der Waals surface area contributed by atoms with Gasteiger partial charge >= 0.3 is 0 Å². The van der Waals surface area contributed by atoms with Crippen molar-refractivity contribution in [3.05, 3.63) is 82.0 Å². The van der Waals surface area contributed by atoms with Gasteiger partial charge in [0.2, 0.25) is 16.0 Å². The molecule has 2 aliphatic rings. The van der Waals surface area contributed by atoms with Gasteiger partial charge in [-0.25, -0.2) is 5.01 Å². The van der Waals surface area contributed by atoms with Gasteiger partial charge < -0.3 is 0 Å². The molecule has 3 heterocycles. The third kappa shape index (κ3) is 3.24. The summed E-state index contributed by atoms with van der Waals surface area (Å²) in [6.07, 6.45) is 0. The van der Waals surface area contributed by atoms with Crippen LogP contribution in [0.25, 0.3) is 0 Å². The molecule has 150 valence electrons. The first-order valence-electron chi connectivity index (χ1n) is 9.02. The Balaban J connectivity index is 1.63. The van der Waals surface area contributed by atoms with Gasteiger partial charge in [0.25, 0.3) is 0 Å². The number of anilines is 2. The molecular weight excluding hydrogens is 458 g/mol. The zero-order valence-electron chi connectivity index (χ0n) is 15.4. The number of benzene rings is 2. The lowest BCUT2D eigenvalue weighted by Crippen LogP contribution is -2.51. The number of carbonyl (C=O) groups is 2. The summed E-state index contributed by atoms with van der Waals surface area (Å²) < 4.78 is -0.922. The highest BCUT2D eigenvalue weighted by atomic mass is 35.5. The molecule has 1 spiro atoms. The quantitative estimate of drug-likeness (QED) is 0.467. The Morgan fingerprint density at radius 1 is 1.00 bits per heavy atom. The van der Waals surface area contributed by atoms with Crippen molar-refractivity contribution in [1.82, 2.24) is 0 Å². The summed E-state index contributed by atoms with van der Waals surface area (Å²) in [5.74, 6) is 0.124. The maximum absolute atomic E-state index is 13.1. The van der Waals surface area contributed by atoms with Gasteiger partial charge in [0, 0.05) is 10.7 Å². The minimum atomic E-state index is -0.922. The zero-order valence-corrected chi connectivity index (χ0v) is 18.6. The van der Waals surface area contributed by atoms with Gasteiger partial charge in [0.1, 0.15) is 0 Å². The molecule has 5 rings (SSSR count). The zero-order chi connectivity index (χ0) is 20.7. The summed E-state index contributed by atoms with van der Waals surface area (Å²) in [6.45, 7) is 0. The third-order valence-electron chi connectivity index (χ3n) is 4.63. The van der Waals surface area contributed by atoms with E-state index in [2.05, 4.69) is 0 Å². The molecule has 2 aliphatic heterocycles. The first-order chi connectivity index (χ1) is 14.6. The number of halogens is 1. The molecule has 1 saturated heterocycles. The van der Waals surface area contributed by atoms with Gasteiger partial charge in [0.05, 0.1) is 16.3 Å². The van der Waals surface area contributed by atoms with E-state index in [0.29, 0.717) is 20.7 Å². The summed E-state index contributed by atoms with van der Waals surface area (Å²) in [5.41, 5.74) is 1.52. The van der Waals surface area contributed by atoms with Crippen LogP contribution in [0, 0.1) is 0 Å². The Kier molecular flexibility index (Phi) is 5.10. The Hall–Kier alpha value is -2.26. The van der Waals surface area contributed by atoms with Crippen LogP contribution in [-0.2, 0) is 4.79 Å². The molecule has 0 saturated carbocycles. The standard InChI is InChI=1S/C21H14ClN3O2S3/c22-14-8-10-16(11-9-14)25-21(30-20(23-25)19(27)17-7-4-12-28-17)24(18(26)13-29-21)15-5-2-1-3-6-15/h1-12H,13H2/t21-/m0/s1. The molecule has 1 fully saturated rings. The molecule has 0 aliphatic carbocycles. The first-order valence-corrected chi connectivity index (χ1v) is 12.1. The maximum Gasteiger partial charge on any atom is 0.243 e. The normalized spacial score (nSPS) is 20.8. The number of amides is 1. The number of thiophene rings is 1. The van der Waals surface area contributed by atoms with Crippen LogP contribution in [0.4, 0.5) is 11.4 Å². The predicted octanol–water partition coefficient (Wildman–Crippen LogP) is 5.54. The minimum Gasteiger partial charge on any atom is -0.285 e. The van der Waals surface area contributed by atoms with Gasteiger partial charge in [0.15, 0.2) is 5.04 Å². The van der Waals surface area contributed by atoms with Crippen LogP contribution in [0.3, 0.4) is 0 Å². The number of thioether (sulfide) groups is 2. The summed E-state index contributed by atoms with van der Waals surface area (Å²) >= 11 is 10.2. The van der Waals surface area contributed by atoms with E-state index >= 15 is 0 Å². The van der Waals surface area contributed by atoms with E-state index in [-0.39, 0.29) is 11.7 Å². The number of nitrogens with zero attached hydrogens (tertiary/aromatic N) is 3. The molecule has 0 bridgehead atoms.